The maximum atomic E-state index is 11.4. The Bertz CT molecular complexity index is 309. The van der Waals surface area contributed by atoms with Crippen molar-refractivity contribution in [3.63, 3.8) is 0 Å². The number of hydrogen-bond donors (Lipinski definition) is 0. The Morgan fingerprint density at radius 2 is 1.94 bits per heavy atom. The van der Waals surface area contributed by atoms with Crippen LogP contribution < -0.4 is 0 Å². The second-order valence-electron chi connectivity index (χ2n) is 3.92. The van der Waals surface area contributed by atoms with Crippen molar-refractivity contribution in [3.05, 3.63) is 35.9 Å². The highest BCUT2D eigenvalue weighted by Gasteiger charge is 2.02. The molecule has 0 saturated carbocycles. The van der Waals surface area contributed by atoms with Crippen molar-refractivity contribution in [1.82, 2.24) is 0 Å². The summed E-state index contributed by atoms with van der Waals surface area (Å²) in [6.45, 7) is 1.23. The lowest BCUT2D eigenvalue weighted by Gasteiger charge is -2.03. The monoisotopic (exact) mass is 236 g/mol. The number of ether oxygens (including phenoxy) is 2. The number of carbonyl (C=O) groups is 1. The molecular formula is C14H20O3. The van der Waals surface area contributed by atoms with E-state index < -0.39 is 0 Å². The Morgan fingerprint density at radius 1 is 1.18 bits per heavy atom. The fraction of sp³-hybridized carbons (Fsp3) is 0.500. The van der Waals surface area contributed by atoms with Gasteiger partial charge in [-0.3, -0.25) is 4.79 Å². The van der Waals surface area contributed by atoms with Gasteiger partial charge in [0.2, 0.25) is 0 Å². The highest BCUT2D eigenvalue weighted by Crippen LogP contribution is 2.04. The first-order valence-electron chi connectivity index (χ1n) is 5.95. The molecule has 1 aromatic carbocycles. The van der Waals surface area contributed by atoms with Crippen LogP contribution in [-0.4, -0.2) is 32.7 Å². The summed E-state index contributed by atoms with van der Waals surface area (Å²) in [6, 6.07) is 10.2. The molecule has 0 fully saturated rings. The Hall–Kier alpha value is -1.19. The Kier molecular flexibility index (Phi) is 7.27. The third kappa shape index (κ3) is 6.87. The molecule has 3 nitrogen and oxygen atoms in total. The maximum absolute atomic E-state index is 11.4. The van der Waals surface area contributed by atoms with E-state index in [0.29, 0.717) is 19.6 Å². The van der Waals surface area contributed by atoms with Crippen LogP contribution in [0.2, 0.25) is 0 Å². The molecule has 0 unspecified atom stereocenters. The molecule has 0 N–H and O–H groups in total. The van der Waals surface area contributed by atoms with E-state index in [2.05, 4.69) is 12.1 Å². The van der Waals surface area contributed by atoms with Gasteiger partial charge in [0.15, 0.2) is 5.78 Å². The van der Waals surface area contributed by atoms with Crippen LogP contribution >= 0.6 is 0 Å². The lowest BCUT2D eigenvalue weighted by atomic mass is 10.1. The number of rotatable bonds is 9. The summed E-state index contributed by atoms with van der Waals surface area (Å²) in [5, 5.41) is 0. The molecular weight excluding hydrogens is 216 g/mol. The molecule has 0 amide bonds. The van der Waals surface area contributed by atoms with E-state index in [4.69, 9.17) is 9.47 Å². The standard InChI is InChI=1S/C14H20O3/c1-16-10-11-17-12-14(15)9-5-8-13-6-3-2-4-7-13/h2-4,6-7H,5,8-12H2,1H3. The summed E-state index contributed by atoms with van der Waals surface area (Å²) < 4.78 is 9.99. The Labute approximate surface area is 103 Å². The molecule has 0 spiro atoms. The normalized spacial score (nSPS) is 10.4. The first-order valence-corrected chi connectivity index (χ1v) is 5.95. The molecule has 0 atom stereocenters. The van der Waals surface area contributed by atoms with Gasteiger partial charge in [-0.2, -0.15) is 0 Å². The van der Waals surface area contributed by atoms with Gasteiger partial charge in [-0.05, 0) is 18.4 Å². The molecule has 0 radical (unpaired) electrons. The molecule has 17 heavy (non-hydrogen) atoms. The van der Waals surface area contributed by atoms with Gasteiger partial charge in [0, 0.05) is 13.5 Å². The van der Waals surface area contributed by atoms with Gasteiger partial charge in [-0.25, -0.2) is 0 Å². The fourth-order valence-electron chi connectivity index (χ4n) is 1.53. The highest BCUT2D eigenvalue weighted by molar-refractivity contribution is 5.79. The summed E-state index contributed by atoms with van der Waals surface area (Å²) in [5.74, 6) is 0.164. The van der Waals surface area contributed by atoms with Crippen LogP contribution in [0.15, 0.2) is 30.3 Å². The zero-order chi connectivity index (χ0) is 12.3. The van der Waals surface area contributed by atoms with Crippen molar-refractivity contribution < 1.29 is 14.3 Å². The number of Topliss-reactive ketones (excluding diaryl/α,β-unsaturated/α-hetero) is 1. The van der Waals surface area contributed by atoms with E-state index in [1.165, 1.54) is 5.56 Å². The minimum absolute atomic E-state index is 0.164. The second kappa shape index (κ2) is 8.90. The van der Waals surface area contributed by atoms with Crippen molar-refractivity contribution in [2.45, 2.75) is 19.3 Å². The van der Waals surface area contributed by atoms with Crippen molar-refractivity contribution in [2.75, 3.05) is 26.9 Å². The van der Waals surface area contributed by atoms with Gasteiger partial charge >= 0.3 is 0 Å². The second-order valence-corrected chi connectivity index (χ2v) is 3.92. The van der Waals surface area contributed by atoms with Gasteiger partial charge in [-0.1, -0.05) is 30.3 Å². The first kappa shape index (κ1) is 13.9. The van der Waals surface area contributed by atoms with Crippen LogP contribution in [0.5, 0.6) is 0 Å². The molecule has 0 aromatic heterocycles. The highest BCUT2D eigenvalue weighted by atomic mass is 16.5. The lowest BCUT2D eigenvalue weighted by molar-refractivity contribution is -0.124. The van der Waals surface area contributed by atoms with Crippen molar-refractivity contribution >= 4 is 5.78 Å². The molecule has 94 valence electrons. The molecule has 3 heteroatoms. The summed E-state index contributed by atoms with van der Waals surface area (Å²) in [6.07, 6.45) is 2.42. The first-order chi connectivity index (χ1) is 8.33. The molecule has 0 bridgehead atoms. The average molecular weight is 236 g/mol. The predicted octanol–water partition coefficient (Wildman–Crippen LogP) is 2.24. The van der Waals surface area contributed by atoms with E-state index in [9.17, 15) is 4.79 Å². The van der Waals surface area contributed by atoms with Crippen molar-refractivity contribution in [1.29, 1.82) is 0 Å². The minimum atomic E-state index is 0.164. The maximum Gasteiger partial charge on any atom is 0.158 e. The zero-order valence-electron chi connectivity index (χ0n) is 10.4. The Balaban J connectivity index is 2.04. The fourth-order valence-corrected chi connectivity index (χ4v) is 1.53. The van der Waals surface area contributed by atoms with Gasteiger partial charge in [0.05, 0.1) is 13.2 Å². The topological polar surface area (TPSA) is 35.5 Å². The summed E-state index contributed by atoms with van der Waals surface area (Å²) >= 11 is 0. The van der Waals surface area contributed by atoms with E-state index in [0.717, 1.165) is 12.8 Å². The van der Waals surface area contributed by atoms with Crippen LogP contribution in [0.3, 0.4) is 0 Å². The summed E-state index contributed by atoms with van der Waals surface area (Å²) in [7, 11) is 1.62. The third-order valence-electron chi connectivity index (χ3n) is 2.46. The van der Waals surface area contributed by atoms with Gasteiger partial charge in [0.1, 0.15) is 6.61 Å². The van der Waals surface area contributed by atoms with E-state index >= 15 is 0 Å². The van der Waals surface area contributed by atoms with Crippen LogP contribution in [0.1, 0.15) is 18.4 Å². The average Bonchev–Trinajstić information content (AvgIpc) is 2.36. The third-order valence-corrected chi connectivity index (χ3v) is 2.46. The summed E-state index contributed by atoms with van der Waals surface area (Å²) in [4.78, 5) is 11.4. The number of ketones is 1. The number of hydrogen-bond acceptors (Lipinski definition) is 3. The van der Waals surface area contributed by atoms with Gasteiger partial charge in [0.25, 0.3) is 0 Å². The van der Waals surface area contributed by atoms with Gasteiger partial charge < -0.3 is 9.47 Å². The molecule has 1 aromatic rings. The van der Waals surface area contributed by atoms with Crippen LogP contribution in [0, 0.1) is 0 Å². The van der Waals surface area contributed by atoms with Crippen LogP contribution in [0.4, 0.5) is 0 Å². The molecule has 0 aliphatic carbocycles. The van der Waals surface area contributed by atoms with Crippen LogP contribution in [0.25, 0.3) is 0 Å². The molecule has 0 saturated heterocycles. The van der Waals surface area contributed by atoms with Gasteiger partial charge in [-0.15, -0.1) is 0 Å². The largest absolute Gasteiger partial charge is 0.382 e. The predicted molar refractivity (Wildman–Crippen MR) is 67.1 cm³/mol. The molecule has 1 rings (SSSR count). The van der Waals surface area contributed by atoms with E-state index in [1.54, 1.807) is 7.11 Å². The number of aryl methyl sites for hydroxylation is 1. The number of methoxy groups -OCH3 is 1. The van der Waals surface area contributed by atoms with Crippen molar-refractivity contribution in [2.24, 2.45) is 0 Å². The number of carbonyl (C=O) groups excluding carboxylic acids is 1. The SMILES string of the molecule is COCCOCC(=O)CCCc1ccccc1. The molecule has 0 aliphatic rings. The summed E-state index contributed by atoms with van der Waals surface area (Å²) in [5.41, 5.74) is 1.28. The Morgan fingerprint density at radius 3 is 2.65 bits per heavy atom. The van der Waals surface area contributed by atoms with Crippen LogP contribution in [-0.2, 0) is 20.7 Å². The van der Waals surface area contributed by atoms with Crippen molar-refractivity contribution in [3.8, 4) is 0 Å². The number of benzene rings is 1. The molecule has 0 heterocycles. The van der Waals surface area contributed by atoms with E-state index in [1.807, 2.05) is 18.2 Å². The lowest BCUT2D eigenvalue weighted by Crippen LogP contribution is -2.11. The quantitative estimate of drug-likeness (QED) is 0.617. The van der Waals surface area contributed by atoms with E-state index in [-0.39, 0.29) is 12.4 Å². The molecule has 0 aliphatic heterocycles. The minimum Gasteiger partial charge on any atom is -0.382 e. The zero-order valence-corrected chi connectivity index (χ0v) is 10.4. The smallest absolute Gasteiger partial charge is 0.158 e.